The molecule has 0 saturated heterocycles. The Balaban J connectivity index is 1.70. The predicted molar refractivity (Wildman–Crippen MR) is 168 cm³/mol. The zero-order valence-corrected chi connectivity index (χ0v) is 26.7. The largest absolute Gasteiger partial charge is 0.481 e. The first-order valence-electron chi connectivity index (χ1n) is 14.4. The van der Waals surface area contributed by atoms with Gasteiger partial charge in [0.1, 0.15) is 24.6 Å². The van der Waals surface area contributed by atoms with E-state index in [1.54, 1.807) is 12.1 Å². The van der Waals surface area contributed by atoms with Crippen molar-refractivity contribution in [3.63, 3.8) is 0 Å². The smallest absolute Gasteiger partial charge is 0.303 e. The normalized spacial score (nSPS) is 15.4. The highest BCUT2D eigenvalue weighted by Crippen LogP contribution is 2.43. The molecule has 0 amide bonds. The molecule has 0 fully saturated rings. The SMILES string of the molecule is CN(C1=Cc2oc3cc(=[N+](CCCCCC(=O)O)CCCS(=O)(=O)O)ccc-3cc2C(C)(C)C1)c1ccc(S(=O)(=O)O)cc1. The number of unbranched alkanes of at least 4 members (excludes halogenated alkanes) is 2. The number of carboxylic acids is 1. The lowest BCUT2D eigenvalue weighted by atomic mass is 9.75. The van der Waals surface area contributed by atoms with Crippen LogP contribution in [0.25, 0.3) is 17.4 Å². The van der Waals surface area contributed by atoms with Gasteiger partial charge in [-0.25, -0.2) is 4.58 Å². The van der Waals surface area contributed by atoms with Crippen LogP contribution in [0.1, 0.15) is 63.7 Å². The number of aliphatic carboxylic acids is 1. The van der Waals surface area contributed by atoms with Crippen LogP contribution in [0.15, 0.2) is 63.5 Å². The molecule has 0 atom stereocenters. The van der Waals surface area contributed by atoms with E-state index in [1.165, 1.54) is 12.1 Å². The van der Waals surface area contributed by atoms with Crippen molar-refractivity contribution in [3.05, 3.63) is 70.9 Å². The van der Waals surface area contributed by atoms with Gasteiger partial charge in [0.25, 0.3) is 20.2 Å². The van der Waals surface area contributed by atoms with Crippen LogP contribution >= 0.6 is 0 Å². The standard InChI is InChI=1S/C31H38N2O9S2/c1-31(2)21-25(32(3)23-11-13-26(14-12-23)44(39,40)41)20-29-27(31)18-22-9-10-24(19-28(22)42-29)33(16-7-17-43(36,37)38)15-6-4-5-8-30(34)35/h9-14,18-20H,4-8,15-17,21H2,1-3H3,(H2-,34,35,36,37,38,39,40,41)/p+1. The van der Waals surface area contributed by atoms with Gasteiger partial charge in [-0.15, -0.1) is 0 Å². The molecule has 44 heavy (non-hydrogen) atoms. The quantitative estimate of drug-likeness (QED) is 0.137. The van der Waals surface area contributed by atoms with Gasteiger partial charge >= 0.3 is 5.97 Å². The molecule has 0 saturated carbocycles. The molecule has 11 nitrogen and oxygen atoms in total. The van der Waals surface area contributed by atoms with Crippen molar-refractivity contribution < 1.29 is 40.3 Å². The summed E-state index contributed by atoms with van der Waals surface area (Å²) in [4.78, 5) is 12.6. The molecule has 1 heterocycles. The van der Waals surface area contributed by atoms with Crippen LogP contribution in [0.5, 0.6) is 0 Å². The van der Waals surface area contributed by atoms with E-state index in [9.17, 15) is 30.7 Å². The maximum Gasteiger partial charge on any atom is 0.303 e. The average molecular weight is 648 g/mol. The van der Waals surface area contributed by atoms with Gasteiger partial charge in [0.2, 0.25) is 5.36 Å². The Labute approximate surface area is 258 Å². The summed E-state index contributed by atoms with van der Waals surface area (Å²) in [7, 11) is -6.51. The first-order chi connectivity index (χ1) is 20.5. The molecule has 3 aliphatic rings. The Morgan fingerprint density at radius 3 is 2.27 bits per heavy atom. The molecule has 238 valence electrons. The summed E-state index contributed by atoms with van der Waals surface area (Å²) < 4.78 is 72.6. The summed E-state index contributed by atoms with van der Waals surface area (Å²) >= 11 is 0. The van der Waals surface area contributed by atoms with E-state index < -0.39 is 26.2 Å². The summed E-state index contributed by atoms with van der Waals surface area (Å²) in [5.74, 6) is 0.133. The molecule has 0 bridgehead atoms. The fourth-order valence-corrected chi connectivity index (χ4v) is 6.47. The zero-order chi connectivity index (χ0) is 32.3. The third-order valence-corrected chi connectivity index (χ3v) is 9.57. The molecule has 1 aromatic carbocycles. The molecular weight excluding hydrogens is 608 g/mol. The summed E-state index contributed by atoms with van der Waals surface area (Å²) in [5.41, 5.74) is 3.37. The second-order valence-electron chi connectivity index (χ2n) is 11.8. The number of allylic oxidation sites excluding steroid dienone is 1. The van der Waals surface area contributed by atoms with Crippen molar-refractivity contribution in [3.8, 4) is 11.3 Å². The predicted octanol–water partition coefficient (Wildman–Crippen LogP) is 4.48. The van der Waals surface area contributed by atoms with Gasteiger partial charge in [0.15, 0.2) is 0 Å². The van der Waals surface area contributed by atoms with Crippen LogP contribution in [-0.2, 0) is 30.4 Å². The Morgan fingerprint density at radius 2 is 1.64 bits per heavy atom. The molecule has 3 N–H and O–H groups in total. The van der Waals surface area contributed by atoms with Crippen LogP contribution in [0.4, 0.5) is 5.69 Å². The van der Waals surface area contributed by atoms with Crippen LogP contribution in [0, 0.1) is 0 Å². The fraction of sp³-hybridized carbons (Fsp3) is 0.419. The van der Waals surface area contributed by atoms with Gasteiger partial charge in [-0.3, -0.25) is 13.9 Å². The molecule has 1 aliphatic heterocycles. The summed E-state index contributed by atoms with van der Waals surface area (Å²) in [6.07, 6.45) is 4.97. The highest BCUT2D eigenvalue weighted by atomic mass is 32.2. The molecule has 1 aromatic rings. The lowest BCUT2D eigenvalue weighted by molar-refractivity contribution is -0.137. The van der Waals surface area contributed by atoms with E-state index in [0.29, 0.717) is 43.9 Å². The summed E-state index contributed by atoms with van der Waals surface area (Å²) in [5, 5.41) is 9.74. The van der Waals surface area contributed by atoms with E-state index in [2.05, 4.69) is 19.9 Å². The highest BCUT2D eigenvalue weighted by Gasteiger charge is 2.33. The van der Waals surface area contributed by atoms with Gasteiger partial charge in [0.05, 0.1) is 16.7 Å². The molecular formula is C31H39N2O9S2+. The van der Waals surface area contributed by atoms with Gasteiger partial charge in [-0.05, 0) is 61.1 Å². The maximum atomic E-state index is 11.5. The number of fused-ring (bicyclic) bond motifs is 2. The van der Waals surface area contributed by atoms with E-state index >= 15 is 0 Å². The summed E-state index contributed by atoms with van der Waals surface area (Å²) in [6, 6.07) is 13.9. The first-order valence-corrected chi connectivity index (χ1v) is 17.4. The minimum absolute atomic E-state index is 0.0969. The van der Waals surface area contributed by atoms with Gasteiger partial charge in [0, 0.05) is 61.0 Å². The second kappa shape index (κ2) is 13.2. The Hall–Kier alpha value is -3.52. The lowest BCUT2D eigenvalue weighted by Crippen LogP contribution is -2.33. The van der Waals surface area contributed by atoms with Crippen LogP contribution in [0.3, 0.4) is 0 Å². The third-order valence-electron chi connectivity index (χ3n) is 7.90. The van der Waals surface area contributed by atoms with Crippen molar-refractivity contribution in [2.75, 3.05) is 30.8 Å². The Kier molecular flexibility index (Phi) is 10.0. The molecule has 13 heteroatoms. The molecule has 0 aromatic heterocycles. The highest BCUT2D eigenvalue weighted by molar-refractivity contribution is 7.86. The monoisotopic (exact) mass is 647 g/mol. The van der Waals surface area contributed by atoms with Gasteiger partial charge in [-0.1, -0.05) is 13.8 Å². The molecule has 0 unspecified atom stereocenters. The van der Waals surface area contributed by atoms with Crippen molar-refractivity contribution in [2.45, 2.75) is 62.7 Å². The molecule has 2 aliphatic carbocycles. The number of benzene rings is 2. The number of hydrogen-bond donors (Lipinski definition) is 3. The minimum atomic E-state index is -4.29. The van der Waals surface area contributed by atoms with E-state index in [1.807, 2.05) is 40.8 Å². The van der Waals surface area contributed by atoms with E-state index in [4.69, 9.17) is 9.52 Å². The average Bonchev–Trinajstić information content (AvgIpc) is 2.93. The van der Waals surface area contributed by atoms with Crippen LogP contribution < -0.4 is 14.8 Å². The number of nitrogens with zero attached hydrogens (tertiary/aromatic N) is 2. The number of anilines is 1. The van der Waals surface area contributed by atoms with E-state index in [0.717, 1.165) is 34.3 Å². The van der Waals surface area contributed by atoms with Gasteiger partial charge < -0.3 is 14.4 Å². The molecule has 4 rings (SSSR count). The molecule has 0 spiro atoms. The zero-order valence-electron chi connectivity index (χ0n) is 25.1. The van der Waals surface area contributed by atoms with Gasteiger partial charge in [-0.2, -0.15) is 16.8 Å². The Morgan fingerprint density at radius 1 is 0.955 bits per heavy atom. The van der Waals surface area contributed by atoms with Crippen molar-refractivity contribution >= 4 is 38.0 Å². The van der Waals surface area contributed by atoms with Crippen molar-refractivity contribution in [1.82, 2.24) is 4.58 Å². The third kappa shape index (κ3) is 8.56. The maximum absolute atomic E-state index is 11.5. The lowest BCUT2D eigenvalue weighted by Gasteiger charge is -2.36. The van der Waals surface area contributed by atoms with Crippen LogP contribution in [0.2, 0.25) is 0 Å². The molecule has 0 radical (unpaired) electrons. The number of carboxylic acid groups (broad SMARTS) is 1. The van der Waals surface area contributed by atoms with Crippen molar-refractivity contribution in [2.24, 2.45) is 0 Å². The Bertz CT molecular complexity index is 1810. The van der Waals surface area contributed by atoms with Crippen molar-refractivity contribution in [1.29, 1.82) is 0 Å². The fourth-order valence-electron chi connectivity index (χ4n) is 5.50. The number of rotatable bonds is 13. The van der Waals surface area contributed by atoms with Crippen LogP contribution in [-0.4, -0.2) is 62.9 Å². The first kappa shape index (κ1) is 33.4. The second-order valence-corrected chi connectivity index (χ2v) is 14.8. The number of hydrogen-bond acceptors (Lipinski definition) is 7. The topological polar surface area (TPSA) is 165 Å². The number of carbonyl (C=O) groups is 1. The van der Waals surface area contributed by atoms with E-state index in [-0.39, 0.29) is 28.9 Å². The minimum Gasteiger partial charge on any atom is -0.481 e. The summed E-state index contributed by atoms with van der Waals surface area (Å²) in [6.45, 7) is 5.23.